The first kappa shape index (κ1) is 20.4. The molecule has 0 spiro atoms. The lowest BCUT2D eigenvalue weighted by Gasteiger charge is -2.37. The van der Waals surface area contributed by atoms with Gasteiger partial charge in [0.05, 0.1) is 5.56 Å². The molecule has 148 valence electrons. The number of anilines is 1. The summed E-state index contributed by atoms with van der Waals surface area (Å²) < 4.78 is 0.821. The average molecular weight is 444 g/mol. The molecule has 2 aromatic carbocycles. The third kappa shape index (κ3) is 4.93. The number of nitrogens with one attached hydrogen (secondary N) is 2. The molecule has 1 atom stereocenters. The normalized spacial score (nSPS) is 15.7. The smallest absolute Gasteiger partial charge is 0.276 e. The summed E-state index contributed by atoms with van der Waals surface area (Å²) in [6.07, 6.45) is 5.34. The van der Waals surface area contributed by atoms with E-state index in [0.717, 1.165) is 35.0 Å². The van der Waals surface area contributed by atoms with Gasteiger partial charge in [0.15, 0.2) is 0 Å². The van der Waals surface area contributed by atoms with E-state index in [2.05, 4.69) is 33.6 Å². The maximum absolute atomic E-state index is 13.2. The SMILES string of the molecule is CCCCCCCC(=O)NN1C(=O)c2cc(Br)ccc2NC1c1ccccc1. The molecule has 0 saturated heterocycles. The van der Waals surface area contributed by atoms with Crippen molar-refractivity contribution in [3.8, 4) is 0 Å². The van der Waals surface area contributed by atoms with Gasteiger partial charge in [0, 0.05) is 16.6 Å². The van der Waals surface area contributed by atoms with Crippen molar-refractivity contribution in [1.29, 1.82) is 0 Å². The Labute approximate surface area is 174 Å². The van der Waals surface area contributed by atoms with Crippen LogP contribution >= 0.6 is 15.9 Å². The van der Waals surface area contributed by atoms with E-state index in [0.29, 0.717) is 12.0 Å². The topological polar surface area (TPSA) is 61.4 Å². The van der Waals surface area contributed by atoms with Crippen molar-refractivity contribution in [3.05, 3.63) is 64.1 Å². The third-order valence-corrected chi connectivity index (χ3v) is 5.34. The number of hydrogen-bond acceptors (Lipinski definition) is 3. The third-order valence-electron chi connectivity index (χ3n) is 4.85. The highest BCUT2D eigenvalue weighted by atomic mass is 79.9. The fourth-order valence-corrected chi connectivity index (χ4v) is 3.70. The molecule has 2 N–H and O–H groups in total. The average Bonchev–Trinajstić information content (AvgIpc) is 2.71. The molecule has 0 fully saturated rings. The van der Waals surface area contributed by atoms with Crippen molar-refractivity contribution >= 4 is 33.4 Å². The summed E-state index contributed by atoms with van der Waals surface area (Å²) in [5, 5.41) is 4.80. The quantitative estimate of drug-likeness (QED) is 0.536. The number of unbranched alkanes of at least 4 members (excludes halogenated alkanes) is 4. The first-order chi connectivity index (χ1) is 13.6. The number of carbonyl (C=O) groups is 2. The molecule has 3 rings (SSSR count). The number of hydrogen-bond donors (Lipinski definition) is 2. The van der Waals surface area contributed by atoms with Crippen LogP contribution in [0.4, 0.5) is 5.69 Å². The van der Waals surface area contributed by atoms with E-state index in [1.54, 1.807) is 6.07 Å². The van der Waals surface area contributed by atoms with E-state index in [1.165, 1.54) is 17.9 Å². The molecule has 1 aliphatic rings. The molecule has 0 aromatic heterocycles. The molecule has 1 heterocycles. The number of carbonyl (C=O) groups excluding carboxylic acids is 2. The van der Waals surface area contributed by atoms with Gasteiger partial charge in [-0.3, -0.25) is 15.0 Å². The minimum atomic E-state index is -0.452. The van der Waals surface area contributed by atoms with Crippen LogP contribution in [0.5, 0.6) is 0 Å². The highest BCUT2D eigenvalue weighted by molar-refractivity contribution is 9.10. The second-order valence-electron chi connectivity index (χ2n) is 7.02. The van der Waals surface area contributed by atoms with Crippen LogP contribution in [0, 0.1) is 0 Å². The molecular weight excluding hydrogens is 418 g/mol. The van der Waals surface area contributed by atoms with E-state index in [9.17, 15) is 9.59 Å². The van der Waals surface area contributed by atoms with Gasteiger partial charge >= 0.3 is 0 Å². The van der Waals surface area contributed by atoms with Gasteiger partial charge in [0.1, 0.15) is 6.17 Å². The molecule has 0 bridgehead atoms. The monoisotopic (exact) mass is 443 g/mol. The maximum Gasteiger partial charge on any atom is 0.276 e. The zero-order chi connectivity index (χ0) is 19.9. The Hall–Kier alpha value is -2.34. The van der Waals surface area contributed by atoms with E-state index < -0.39 is 6.17 Å². The Morgan fingerprint density at radius 1 is 1.11 bits per heavy atom. The zero-order valence-corrected chi connectivity index (χ0v) is 17.7. The van der Waals surface area contributed by atoms with Crippen molar-refractivity contribution in [2.24, 2.45) is 0 Å². The fourth-order valence-electron chi connectivity index (χ4n) is 3.34. The fraction of sp³-hybridized carbons (Fsp3) is 0.364. The van der Waals surface area contributed by atoms with Crippen molar-refractivity contribution in [3.63, 3.8) is 0 Å². The van der Waals surface area contributed by atoms with Crippen LogP contribution in [0.15, 0.2) is 53.0 Å². The Morgan fingerprint density at radius 3 is 2.61 bits per heavy atom. The molecule has 1 unspecified atom stereocenters. The molecule has 0 aliphatic carbocycles. The minimum Gasteiger partial charge on any atom is -0.359 e. The second kappa shape index (κ2) is 9.73. The Morgan fingerprint density at radius 2 is 1.86 bits per heavy atom. The lowest BCUT2D eigenvalue weighted by Crippen LogP contribution is -2.52. The largest absolute Gasteiger partial charge is 0.359 e. The van der Waals surface area contributed by atoms with E-state index in [1.807, 2.05) is 42.5 Å². The van der Waals surface area contributed by atoms with Crippen LogP contribution in [-0.2, 0) is 4.79 Å². The van der Waals surface area contributed by atoms with Gasteiger partial charge in [-0.15, -0.1) is 0 Å². The van der Waals surface area contributed by atoms with Crippen molar-refractivity contribution in [2.75, 3.05) is 5.32 Å². The predicted octanol–water partition coefficient (Wildman–Crippen LogP) is 5.41. The van der Waals surface area contributed by atoms with Crippen LogP contribution in [0.25, 0.3) is 0 Å². The zero-order valence-electron chi connectivity index (χ0n) is 16.1. The Balaban J connectivity index is 1.77. The number of nitrogens with zero attached hydrogens (tertiary/aromatic N) is 1. The molecular formula is C22H26BrN3O2. The van der Waals surface area contributed by atoms with Crippen LogP contribution in [0.1, 0.15) is 67.5 Å². The number of hydrazine groups is 1. The molecule has 0 radical (unpaired) electrons. The highest BCUT2D eigenvalue weighted by Gasteiger charge is 2.34. The number of fused-ring (bicyclic) bond motifs is 1. The summed E-state index contributed by atoms with van der Waals surface area (Å²) in [5.74, 6) is -0.353. The number of amides is 2. The number of benzene rings is 2. The summed E-state index contributed by atoms with van der Waals surface area (Å²) >= 11 is 3.42. The summed E-state index contributed by atoms with van der Waals surface area (Å²) in [6.45, 7) is 2.17. The summed E-state index contributed by atoms with van der Waals surface area (Å²) in [4.78, 5) is 25.7. The highest BCUT2D eigenvalue weighted by Crippen LogP contribution is 2.33. The Bertz CT molecular complexity index is 826. The second-order valence-corrected chi connectivity index (χ2v) is 7.94. The van der Waals surface area contributed by atoms with Crippen LogP contribution in [0.3, 0.4) is 0 Å². The lowest BCUT2D eigenvalue weighted by molar-refractivity contribution is -0.125. The van der Waals surface area contributed by atoms with Crippen LogP contribution in [-0.4, -0.2) is 16.8 Å². The summed E-state index contributed by atoms with van der Waals surface area (Å²) in [7, 11) is 0. The van der Waals surface area contributed by atoms with Gasteiger partial charge < -0.3 is 5.32 Å². The van der Waals surface area contributed by atoms with Gasteiger partial charge in [-0.25, -0.2) is 5.01 Å². The predicted molar refractivity (Wildman–Crippen MR) is 115 cm³/mol. The molecule has 1 aliphatic heterocycles. The van der Waals surface area contributed by atoms with Crippen molar-refractivity contribution in [2.45, 2.75) is 51.6 Å². The number of rotatable bonds is 8. The standard InChI is InChI=1S/C22H26BrN3O2/c1-2-3-4-5-9-12-20(27)25-26-21(16-10-7-6-8-11-16)24-19-14-13-17(23)15-18(19)22(26)28/h6-8,10-11,13-15,21,24H,2-5,9,12H2,1H3,(H,25,27). The first-order valence-electron chi connectivity index (χ1n) is 9.84. The lowest BCUT2D eigenvalue weighted by atomic mass is 10.0. The first-order valence-corrected chi connectivity index (χ1v) is 10.6. The van der Waals surface area contributed by atoms with Crippen molar-refractivity contribution < 1.29 is 9.59 Å². The molecule has 5 nitrogen and oxygen atoms in total. The van der Waals surface area contributed by atoms with Gasteiger partial charge in [0.25, 0.3) is 5.91 Å². The van der Waals surface area contributed by atoms with E-state index in [-0.39, 0.29) is 11.8 Å². The molecule has 2 amide bonds. The van der Waals surface area contributed by atoms with Gasteiger partial charge in [-0.2, -0.15) is 0 Å². The molecule has 2 aromatic rings. The van der Waals surface area contributed by atoms with Gasteiger partial charge in [-0.05, 0) is 30.2 Å². The van der Waals surface area contributed by atoms with Gasteiger partial charge in [-0.1, -0.05) is 78.9 Å². The maximum atomic E-state index is 13.2. The van der Waals surface area contributed by atoms with Crippen molar-refractivity contribution in [1.82, 2.24) is 10.4 Å². The molecule has 28 heavy (non-hydrogen) atoms. The van der Waals surface area contributed by atoms with E-state index in [4.69, 9.17) is 0 Å². The molecule has 0 saturated carbocycles. The summed E-state index contributed by atoms with van der Waals surface area (Å²) in [5.41, 5.74) is 5.03. The minimum absolute atomic E-state index is 0.133. The van der Waals surface area contributed by atoms with E-state index >= 15 is 0 Å². The van der Waals surface area contributed by atoms with Crippen LogP contribution < -0.4 is 10.7 Å². The summed E-state index contributed by atoms with van der Waals surface area (Å²) in [6, 6.07) is 15.2. The number of halogens is 1. The Kier molecular flexibility index (Phi) is 7.09. The molecule has 6 heteroatoms. The van der Waals surface area contributed by atoms with Crippen LogP contribution in [0.2, 0.25) is 0 Å². The van der Waals surface area contributed by atoms with Gasteiger partial charge in [0.2, 0.25) is 5.91 Å².